The predicted octanol–water partition coefficient (Wildman–Crippen LogP) is 1.52. The first-order chi connectivity index (χ1) is 10.5. The van der Waals surface area contributed by atoms with Crippen LogP contribution in [0, 0.1) is 0 Å². The van der Waals surface area contributed by atoms with Gasteiger partial charge in [-0.05, 0) is 37.3 Å². The van der Waals surface area contributed by atoms with E-state index in [9.17, 15) is 15.0 Å². The number of nitrogens with zero attached hydrogens (tertiary/aromatic N) is 1. The second kappa shape index (κ2) is 4.32. The quantitative estimate of drug-likeness (QED) is 0.771. The van der Waals surface area contributed by atoms with Crippen molar-refractivity contribution in [3.8, 4) is 11.5 Å². The molecule has 5 nitrogen and oxygen atoms in total. The van der Waals surface area contributed by atoms with Crippen molar-refractivity contribution in [1.29, 1.82) is 0 Å². The van der Waals surface area contributed by atoms with Crippen LogP contribution >= 0.6 is 0 Å². The Bertz CT molecular complexity index is 698. The average Bonchev–Trinajstić information content (AvgIpc) is 2.88. The van der Waals surface area contributed by atoms with Gasteiger partial charge in [0, 0.05) is 25.2 Å². The van der Waals surface area contributed by atoms with Gasteiger partial charge in [-0.3, -0.25) is 9.79 Å². The molecule has 3 atom stereocenters. The number of ether oxygens (including phenoxy) is 1. The molecular weight excluding hydrogens is 282 g/mol. The number of aliphatic imine (C=N–C) groups is 1. The maximum absolute atomic E-state index is 12.5. The van der Waals surface area contributed by atoms with Crippen molar-refractivity contribution in [2.24, 2.45) is 4.99 Å². The van der Waals surface area contributed by atoms with E-state index >= 15 is 0 Å². The number of hydrogen-bond acceptors (Lipinski definition) is 5. The van der Waals surface area contributed by atoms with E-state index < -0.39 is 17.1 Å². The van der Waals surface area contributed by atoms with E-state index in [4.69, 9.17) is 4.74 Å². The summed E-state index contributed by atoms with van der Waals surface area (Å²) in [7, 11) is 1.63. The number of carbonyl (C=O) groups is 1. The zero-order chi connectivity index (χ0) is 15.5. The summed E-state index contributed by atoms with van der Waals surface area (Å²) in [6.45, 7) is 0. The zero-order valence-corrected chi connectivity index (χ0v) is 12.5. The molecule has 1 fully saturated rings. The average molecular weight is 301 g/mol. The fourth-order valence-electron chi connectivity index (χ4n) is 4.65. The molecule has 0 amide bonds. The number of phenolic OH excluding ortho intramolecular Hbond substituents is 1. The fraction of sp³-hybridized carbons (Fsp3) is 0.529. The van der Waals surface area contributed by atoms with Crippen LogP contribution in [-0.2, 0) is 16.6 Å². The van der Waals surface area contributed by atoms with E-state index in [0.717, 1.165) is 24.0 Å². The third kappa shape index (κ3) is 1.42. The molecule has 1 aliphatic heterocycles. The van der Waals surface area contributed by atoms with Gasteiger partial charge in [-0.2, -0.15) is 0 Å². The van der Waals surface area contributed by atoms with Crippen molar-refractivity contribution >= 4 is 12.0 Å². The highest BCUT2D eigenvalue weighted by atomic mass is 16.5. The molecule has 0 bridgehead atoms. The number of ketones is 1. The van der Waals surface area contributed by atoms with E-state index in [1.165, 1.54) is 0 Å². The Hall–Kier alpha value is -1.88. The minimum Gasteiger partial charge on any atom is -0.504 e. The largest absolute Gasteiger partial charge is 0.504 e. The van der Waals surface area contributed by atoms with Gasteiger partial charge in [0.15, 0.2) is 23.4 Å². The summed E-state index contributed by atoms with van der Waals surface area (Å²) in [4.78, 5) is 16.5. The van der Waals surface area contributed by atoms with Gasteiger partial charge in [0.05, 0.1) is 5.41 Å². The smallest absolute Gasteiger partial charge is 0.174 e. The van der Waals surface area contributed by atoms with Crippen molar-refractivity contribution in [1.82, 2.24) is 0 Å². The number of rotatable bonds is 1. The van der Waals surface area contributed by atoms with E-state index in [0.29, 0.717) is 18.6 Å². The predicted molar refractivity (Wildman–Crippen MR) is 80.7 cm³/mol. The molecule has 1 saturated carbocycles. The number of aryl methyl sites for hydroxylation is 1. The Labute approximate surface area is 128 Å². The van der Waals surface area contributed by atoms with E-state index in [1.54, 1.807) is 19.3 Å². The third-order valence-electron chi connectivity index (χ3n) is 5.53. The normalized spacial score (nSPS) is 36.1. The van der Waals surface area contributed by atoms with Crippen molar-refractivity contribution in [3.63, 3.8) is 0 Å². The first-order valence-electron chi connectivity index (χ1n) is 7.74. The first kappa shape index (κ1) is 13.8. The molecule has 2 aliphatic carbocycles. The van der Waals surface area contributed by atoms with Crippen LogP contribution in [0.25, 0.3) is 0 Å². The van der Waals surface area contributed by atoms with E-state index in [1.807, 2.05) is 6.07 Å². The Morgan fingerprint density at radius 3 is 2.95 bits per heavy atom. The van der Waals surface area contributed by atoms with Crippen molar-refractivity contribution in [2.45, 2.75) is 49.2 Å². The summed E-state index contributed by atoms with van der Waals surface area (Å²) in [5.41, 5.74) is -0.156. The van der Waals surface area contributed by atoms with Crippen LogP contribution in [0.3, 0.4) is 0 Å². The molecule has 1 spiro atoms. The van der Waals surface area contributed by atoms with Crippen LogP contribution in [0.2, 0.25) is 0 Å². The maximum atomic E-state index is 12.5. The van der Waals surface area contributed by atoms with Gasteiger partial charge in [0.25, 0.3) is 0 Å². The van der Waals surface area contributed by atoms with Gasteiger partial charge < -0.3 is 14.9 Å². The molecule has 1 heterocycles. The SMILES string of the molecule is CN=CC1(O)CCC(=O)C2Oc3c(O)ccc4c3C21CCC4. The van der Waals surface area contributed by atoms with Crippen molar-refractivity contribution < 1.29 is 19.7 Å². The van der Waals surface area contributed by atoms with Crippen molar-refractivity contribution in [2.75, 3.05) is 7.05 Å². The number of aliphatic hydroxyl groups is 1. The van der Waals surface area contributed by atoms with Crippen LogP contribution in [0.4, 0.5) is 0 Å². The second-order valence-corrected chi connectivity index (χ2v) is 6.55. The van der Waals surface area contributed by atoms with Gasteiger partial charge in [0.1, 0.15) is 5.60 Å². The molecule has 2 N–H and O–H groups in total. The summed E-state index contributed by atoms with van der Waals surface area (Å²) >= 11 is 0. The number of phenols is 1. The lowest BCUT2D eigenvalue weighted by Crippen LogP contribution is -2.65. The third-order valence-corrected chi connectivity index (χ3v) is 5.53. The monoisotopic (exact) mass is 301 g/mol. The molecule has 3 unspecified atom stereocenters. The number of Topliss-reactive ketones (excluding diaryl/α,β-unsaturated/α-hetero) is 1. The Morgan fingerprint density at radius 1 is 1.36 bits per heavy atom. The highest BCUT2D eigenvalue weighted by Crippen LogP contribution is 2.60. The molecule has 0 saturated heterocycles. The molecule has 0 aromatic heterocycles. The zero-order valence-electron chi connectivity index (χ0n) is 12.5. The minimum atomic E-state index is -1.21. The van der Waals surface area contributed by atoms with Gasteiger partial charge in [-0.25, -0.2) is 0 Å². The standard InChI is InChI=1S/C17H19NO4/c1-18-9-16(21)8-6-12(20)15-17(16)7-2-3-10-4-5-11(19)14(22-15)13(10)17/h4-5,9,15,19,21H,2-3,6-8H2,1H3. The summed E-state index contributed by atoms with van der Waals surface area (Å²) in [6, 6.07) is 3.49. The number of carbonyl (C=O) groups excluding carboxylic acids is 1. The highest BCUT2D eigenvalue weighted by molar-refractivity contribution is 5.93. The van der Waals surface area contributed by atoms with Gasteiger partial charge in [-0.1, -0.05) is 6.07 Å². The lowest BCUT2D eigenvalue weighted by molar-refractivity contribution is -0.141. The van der Waals surface area contributed by atoms with Crippen molar-refractivity contribution in [3.05, 3.63) is 23.3 Å². The summed E-state index contributed by atoms with van der Waals surface area (Å²) < 4.78 is 5.89. The molecule has 5 heteroatoms. The molecule has 1 aromatic carbocycles. The lowest BCUT2D eigenvalue weighted by Gasteiger charge is -2.50. The molecule has 4 rings (SSSR count). The number of aromatic hydroxyl groups is 1. The number of hydrogen-bond donors (Lipinski definition) is 2. The lowest BCUT2D eigenvalue weighted by atomic mass is 9.54. The van der Waals surface area contributed by atoms with E-state index in [2.05, 4.69) is 4.99 Å². The Kier molecular flexibility index (Phi) is 2.70. The van der Waals surface area contributed by atoms with Crippen LogP contribution < -0.4 is 4.74 Å². The molecule has 0 radical (unpaired) electrons. The summed E-state index contributed by atoms with van der Waals surface area (Å²) in [5, 5.41) is 21.5. The molecular formula is C17H19NO4. The van der Waals surface area contributed by atoms with Crippen LogP contribution in [-0.4, -0.2) is 41.0 Å². The molecule has 1 aromatic rings. The molecule has 116 valence electrons. The summed E-state index contributed by atoms with van der Waals surface area (Å²) in [6.07, 6.45) is 3.85. The van der Waals surface area contributed by atoms with Crippen LogP contribution in [0.15, 0.2) is 17.1 Å². The first-order valence-corrected chi connectivity index (χ1v) is 7.74. The Balaban J connectivity index is 2.05. The fourth-order valence-corrected chi connectivity index (χ4v) is 4.65. The van der Waals surface area contributed by atoms with E-state index in [-0.39, 0.29) is 18.0 Å². The van der Waals surface area contributed by atoms with Crippen LogP contribution in [0.5, 0.6) is 11.5 Å². The van der Waals surface area contributed by atoms with Gasteiger partial charge in [-0.15, -0.1) is 0 Å². The highest BCUT2D eigenvalue weighted by Gasteiger charge is 2.67. The Morgan fingerprint density at radius 2 is 2.18 bits per heavy atom. The summed E-state index contributed by atoms with van der Waals surface area (Å²) in [5.74, 6) is 0.413. The van der Waals surface area contributed by atoms with Gasteiger partial charge in [0.2, 0.25) is 0 Å². The maximum Gasteiger partial charge on any atom is 0.174 e. The topological polar surface area (TPSA) is 79.1 Å². The second-order valence-electron chi connectivity index (χ2n) is 6.55. The van der Waals surface area contributed by atoms with Gasteiger partial charge >= 0.3 is 0 Å². The molecule has 22 heavy (non-hydrogen) atoms. The van der Waals surface area contributed by atoms with Crippen LogP contribution in [0.1, 0.15) is 36.8 Å². The molecule has 3 aliphatic rings. The minimum absolute atomic E-state index is 0.00220. The number of benzene rings is 1.